The predicted molar refractivity (Wildman–Crippen MR) is 116 cm³/mol. The number of aryl methyl sites for hydroxylation is 2. The number of anilines is 2. The van der Waals surface area contributed by atoms with Crippen molar-refractivity contribution in [1.29, 1.82) is 0 Å². The fourth-order valence-corrected chi connectivity index (χ4v) is 4.16. The minimum atomic E-state index is -4.10. The largest absolute Gasteiger partial charge is 0.462 e. The molecule has 1 aromatic heterocycles. The van der Waals surface area contributed by atoms with Crippen molar-refractivity contribution in [2.24, 2.45) is 0 Å². The van der Waals surface area contributed by atoms with Gasteiger partial charge in [0.15, 0.2) is 5.03 Å². The molecule has 1 amide bonds. The van der Waals surface area contributed by atoms with Crippen LogP contribution in [0.4, 0.5) is 11.4 Å². The van der Waals surface area contributed by atoms with Crippen LogP contribution in [0.25, 0.3) is 0 Å². The number of aromatic amines is 1. The Morgan fingerprint density at radius 1 is 1.06 bits per heavy atom. The first kappa shape index (κ1) is 22.0. The Hall–Kier alpha value is -3.66. The molecule has 0 aliphatic heterocycles. The predicted octanol–water partition coefficient (Wildman–Crippen LogP) is 3.26. The van der Waals surface area contributed by atoms with Crippen LogP contribution in [0.2, 0.25) is 0 Å². The number of ether oxygens (including phenoxy) is 1. The Balaban J connectivity index is 1.83. The van der Waals surface area contributed by atoms with Crippen molar-refractivity contribution < 1.29 is 22.7 Å². The van der Waals surface area contributed by atoms with Crippen molar-refractivity contribution in [3.63, 3.8) is 0 Å². The molecule has 162 valence electrons. The quantitative estimate of drug-likeness (QED) is 0.482. The standard InChI is InChI=1S/C21H22N4O5S/c1-4-30-21(27)15-6-5-7-16(11-15)23-19(26)18-12-22-24-20(18)31(28,29)25-17-9-13(2)8-14(3)10-17/h5-12,25H,4H2,1-3H3,(H,22,24)(H,23,26). The number of rotatable bonds is 7. The van der Waals surface area contributed by atoms with Crippen molar-refractivity contribution >= 4 is 33.3 Å². The second-order valence-electron chi connectivity index (χ2n) is 6.85. The second kappa shape index (κ2) is 9.00. The summed E-state index contributed by atoms with van der Waals surface area (Å²) < 4.78 is 33.1. The van der Waals surface area contributed by atoms with E-state index in [4.69, 9.17) is 4.74 Å². The van der Waals surface area contributed by atoms with Gasteiger partial charge in [-0.25, -0.2) is 4.79 Å². The maximum absolute atomic E-state index is 12.9. The van der Waals surface area contributed by atoms with Crippen LogP contribution in [-0.2, 0) is 14.8 Å². The molecule has 0 atom stereocenters. The van der Waals surface area contributed by atoms with Gasteiger partial charge in [0.1, 0.15) is 0 Å². The van der Waals surface area contributed by atoms with E-state index in [9.17, 15) is 18.0 Å². The van der Waals surface area contributed by atoms with Gasteiger partial charge in [0.25, 0.3) is 15.9 Å². The molecule has 2 aromatic carbocycles. The second-order valence-corrected chi connectivity index (χ2v) is 8.47. The molecule has 9 nitrogen and oxygen atoms in total. The minimum absolute atomic E-state index is 0.168. The van der Waals surface area contributed by atoms with E-state index < -0.39 is 21.9 Å². The number of hydrogen-bond acceptors (Lipinski definition) is 6. The average Bonchev–Trinajstić information content (AvgIpc) is 3.18. The molecule has 0 saturated carbocycles. The normalized spacial score (nSPS) is 11.1. The number of hydrogen-bond donors (Lipinski definition) is 3. The monoisotopic (exact) mass is 442 g/mol. The zero-order chi connectivity index (χ0) is 22.6. The highest BCUT2D eigenvalue weighted by atomic mass is 32.2. The smallest absolute Gasteiger partial charge is 0.338 e. The zero-order valence-electron chi connectivity index (χ0n) is 17.2. The molecule has 0 spiro atoms. The summed E-state index contributed by atoms with van der Waals surface area (Å²) in [6.07, 6.45) is 1.13. The number of carbonyl (C=O) groups is 2. The Morgan fingerprint density at radius 2 is 1.77 bits per heavy atom. The van der Waals surface area contributed by atoms with Crippen molar-refractivity contribution in [2.45, 2.75) is 25.8 Å². The Labute approximate surface area is 179 Å². The molecule has 3 aromatic rings. The molecule has 0 aliphatic carbocycles. The molecular weight excluding hydrogens is 420 g/mol. The lowest BCUT2D eigenvalue weighted by Gasteiger charge is -2.10. The summed E-state index contributed by atoms with van der Waals surface area (Å²) in [5, 5.41) is 8.30. The summed E-state index contributed by atoms with van der Waals surface area (Å²) >= 11 is 0. The van der Waals surface area contributed by atoms with Gasteiger partial charge in [-0.15, -0.1) is 0 Å². The van der Waals surface area contributed by atoms with E-state index in [1.165, 1.54) is 6.07 Å². The van der Waals surface area contributed by atoms with Crippen LogP contribution < -0.4 is 10.0 Å². The first-order valence-electron chi connectivity index (χ1n) is 9.42. The van der Waals surface area contributed by atoms with E-state index in [2.05, 4.69) is 20.2 Å². The number of esters is 1. The third kappa shape index (κ3) is 5.28. The lowest BCUT2D eigenvalue weighted by molar-refractivity contribution is 0.0526. The SMILES string of the molecule is CCOC(=O)c1cccc(NC(=O)c2cn[nH]c2S(=O)(=O)Nc2cc(C)cc(C)c2)c1. The van der Waals surface area contributed by atoms with Crippen LogP contribution in [0.15, 0.2) is 53.7 Å². The lowest BCUT2D eigenvalue weighted by Crippen LogP contribution is -2.20. The van der Waals surface area contributed by atoms with Crippen molar-refractivity contribution in [3.8, 4) is 0 Å². The molecule has 0 aliphatic rings. The Kier molecular flexibility index (Phi) is 6.40. The van der Waals surface area contributed by atoms with Gasteiger partial charge in [-0.2, -0.15) is 13.5 Å². The molecule has 0 radical (unpaired) electrons. The lowest BCUT2D eigenvalue weighted by atomic mass is 10.1. The van der Waals surface area contributed by atoms with Crippen LogP contribution in [-0.4, -0.2) is 37.1 Å². The van der Waals surface area contributed by atoms with Crippen molar-refractivity contribution in [1.82, 2.24) is 10.2 Å². The summed E-state index contributed by atoms with van der Waals surface area (Å²) in [5.74, 6) is -1.22. The van der Waals surface area contributed by atoms with Gasteiger partial charge in [0.05, 0.1) is 23.9 Å². The van der Waals surface area contributed by atoms with E-state index >= 15 is 0 Å². The van der Waals surface area contributed by atoms with E-state index in [0.29, 0.717) is 11.4 Å². The topological polar surface area (TPSA) is 130 Å². The number of H-pyrrole nitrogens is 1. The first-order chi connectivity index (χ1) is 14.7. The van der Waals surface area contributed by atoms with Gasteiger partial charge in [0, 0.05) is 11.4 Å². The molecule has 10 heteroatoms. The molecule has 0 fully saturated rings. The third-order valence-corrected chi connectivity index (χ3v) is 5.58. The number of carbonyl (C=O) groups excluding carboxylic acids is 2. The van der Waals surface area contributed by atoms with Crippen LogP contribution in [0.5, 0.6) is 0 Å². The van der Waals surface area contributed by atoms with Gasteiger partial charge >= 0.3 is 5.97 Å². The van der Waals surface area contributed by atoms with E-state index in [1.54, 1.807) is 37.3 Å². The van der Waals surface area contributed by atoms with Gasteiger partial charge in [-0.3, -0.25) is 14.6 Å². The minimum Gasteiger partial charge on any atom is -0.462 e. The third-order valence-electron chi connectivity index (χ3n) is 4.22. The highest BCUT2D eigenvalue weighted by molar-refractivity contribution is 7.92. The summed E-state index contributed by atoms with van der Waals surface area (Å²) in [6.45, 7) is 5.62. The van der Waals surface area contributed by atoms with Crippen LogP contribution in [0.3, 0.4) is 0 Å². The number of sulfonamides is 1. The van der Waals surface area contributed by atoms with E-state index in [0.717, 1.165) is 17.3 Å². The Morgan fingerprint density at radius 3 is 2.45 bits per heavy atom. The molecule has 0 saturated heterocycles. The zero-order valence-corrected chi connectivity index (χ0v) is 18.0. The highest BCUT2D eigenvalue weighted by Crippen LogP contribution is 2.21. The van der Waals surface area contributed by atoms with Crippen LogP contribution in [0.1, 0.15) is 38.8 Å². The number of aromatic nitrogens is 2. The van der Waals surface area contributed by atoms with Gasteiger partial charge in [0.2, 0.25) is 0 Å². The van der Waals surface area contributed by atoms with Crippen molar-refractivity contribution in [3.05, 3.63) is 70.9 Å². The van der Waals surface area contributed by atoms with E-state index in [-0.39, 0.29) is 22.8 Å². The first-order valence-corrected chi connectivity index (χ1v) is 10.9. The molecule has 0 bridgehead atoms. The summed E-state index contributed by atoms with van der Waals surface area (Å²) in [6, 6.07) is 11.4. The fourth-order valence-electron chi connectivity index (χ4n) is 3.02. The number of amides is 1. The average molecular weight is 442 g/mol. The van der Waals surface area contributed by atoms with Gasteiger partial charge in [-0.05, 0) is 62.2 Å². The molecule has 3 rings (SSSR count). The Bertz CT molecular complexity index is 1210. The van der Waals surface area contributed by atoms with Crippen molar-refractivity contribution in [2.75, 3.05) is 16.6 Å². The number of benzene rings is 2. The summed E-state index contributed by atoms with van der Waals surface area (Å²) in [4.78, 5) is 24.6. The molecular formula is C21H22N4O5S. The number of nitrogens with one attached hydrogen (secondary N) is 3. The highest BCUT2D eigenvalue weighted by Gasteiger charge is 2.25. The molecule has 3 N–H and O–H groups in total. The molecule has 1 heterocycles. The van der Waals surface area contributed by atoms with Gasteiger partial charge in [-0.1, -0.05) is 12.1 Å². The van der Waals surface area contributed by atoms with Crippen LogP contribution >= 0.6 is 0 Å². The van der Waals surface area contributed by atoms with Gasteiger partial charge < -0.3 is 10.1 Å². The van der Waals surface area contributed by atoms with Crippen LogP contribution in [0, 0.1) is 13.8 Å². The maximum atomic E-state index is 12.9. The summed E-state index contributed by atoms with van der Waals surface area (Å²) in [7, 11) is -4.10. The number of nitrogens with zero attached hydrogens (tertiary/aromatic N) is 1. The maximum Gasteiger partial charge on any atom is 0.338 e. The fraction of sp³-hybridized carbons (Fsp3) is 0.190. The molecule has 31 heavy (non-hydrogen) atoms. The van der Waals surface area contributed by atoms with E-state index in [1.807, 2.05) is 19.9 Å². The summed E-state index contributed by atoms with van der Waals surface area (Å²) in [5.41, 5.74) is 2.56. The molecule has 0 unspecified atom stereocenters.